The molecule has 0 heterocycles. The highest BCUT2D eigenvalue weighted by molar-refractivity contribution is 6.31. The van der Waals surface area contributed by atoms with E-state index >= 15 is 0 Å². The summed E-state index contributed by atoms with van der Waals surface area (Å²) < 4.78 is 31.7. The van der Waals surface area contributed by atoms with E-state index in [-0.39, 0.29) is 10.6 Å². The summed E-state index contributed by atoms with van der Waals surface area (Å²) in [7, 11) is 1.57. The van der Waals surface area contributed by atoms with Crippen LogP contribution in [0.1, 0.15) is 22.8 Å². The van der Waals surface area contributed by atoms with Crippen molar-refractivity contribution in [1.82, 2.24) is 0 Å². The van der Waals surface area contributed by atoms with Crippen LogP contribution in [0.15, 0.2) is 42.5 Å². The number of halogens is 3. The zero-order valence-corrected chi connectivity index (χ0v) is 13.5. The van der Waals surface area contributed by atoms with Crippen LogP contribution in [-0.2, 0) is 6.54 Å². The van der Waals surface area contributed by atoms with Crippen LogP contribution >= 0.6 is 11.6 Å². The number of ether oxygens (including phenoxy) is 1. The number of anilines is 1. The number of nitrogens with one attached hydrogen (secondary N) is 1. The van der Waals surface area contributed by atoms with Gasteiger partial charge in [0.05, 0.1) is 7.11 Å². The van der Waals surface area contributed by atoms with E-state index in [0.717, 1.165) is 11.3 Å². The maximum Gasteiger partial charge on any atom is 0.307 e. The average Bonchev–Trinajstić information content (AvgIpc) is 2.52. The van der Waals surface area contributed by atoms with Crippen LogP contribution in [-0.4, -0.2) is 18.8 Å². The molecule has 2 aromatic carbocycles. The fourth-order valence-corrected chi connectivity index (χ4v) is 2.21. The Hall–Kier alpha value is -2.14. The number of benzene rings is 2. The molecule has 2 rings (SSSR count). The van der Waals surface area contributed by atoms with Gasteiger partial charge in [-0.1, -0.05) is 23.7 Å². The van der Waals surface area contributed by atoms with E-state index in [1.807, 2.05) is 12.1 Å². The Bertz CT molecular complexity index is 697. The van der Waals surface area contributed by atoms with Gasteiger partial charge in [0.25, 0.3) is 0 Å². The molecule has 0 fully saturated rings. The first-order chi connectivity index (χ1) is 10.8. The topological polar surface area (TPSA) is 38.3 Å². The van der Waals surface area contributed by atoms with Gasteiger partial charge in [-0.15, -0.1) is 0 Å². The molecule has 0 bridgehead atoms. The minimum atomic E-state index is -3.46. The number of methoxy groups -OCH3 is 1. The second-order valence-electron chi connectivity index (χ2n) is 5.11. The van der Waals surface area contributed by atoms with E-state index in [9.17, 15) is 13.6 Å². The first-order valence-corrected chi connectivity index (χ1v) is 7.28. The molecule has 6 heteroatoms. The normalized spacial score (nSPS) is 11.2. The zero-order chi connectivity index (χ0) is 17.0. The second kappa shape index (κ2) is 6.96. The lowest BCUT2D eigenvalue weighted by Gasteiger charge is -2.15. The number of Topliss-reactive ketones (excluding diaryl/α,β-unsaturated/α-hetero) is 1. The SMILES string of the molecule is COc1ccc(CNc2ccc(Cl)cc2C(=O)C(C)(F)F)cc1. The fraction of sp³-hybridized carbons (Fsp3) is 0.235. The van der Waals surface area contributed by atoms with Gasteiger partial charge in [-0.25, -0.2) is 0 Å². The first kappa shape index (κ1) is 17.2. The number of hydrogen-bond donors (Lipinski definition) is 1. The summed E-state index contributed by atoms with van der Waals surface area (Å²) in [6, 6.07) is 11.6. The van der Waals surface area contributed by atoms with Crippen molar-refractivity contribution in [3.05, 3.63) is 58.6 Å². The molecule has 0 radical (unpaired) electrons. The number of ketones is 1. The van der Waals surface area contributed by atoms with Crippen molar-refractivity contribution in [3.8, 4) is 5.75 Å². The smallest absolute Gasteiger partial charge is 0.307 e. The molecule has 1 N–H and O–H groups in total. The number of hydrogen-bond acceptors (Lipinski definition) is 3. The van der Waals surface area contributed by atoms with Crippen molar-refractivity contribution in [2.24, 2.45) is 0 Å². The van der Waals surface area contributed by atoms with Crippen LogP contribution in [0.3, 0.4) is 0 Å². The van der Waals surface area contributed by atoms with Gasteiger partial charge >= 0.3 is 5.92 Å². The number of carbonyl (C=O) groups excluding carboxylic acids is 1. The number of rotatable bonds is 6. The fourth-order valence-electron chi connectivity index (χ4n) is 2.04. The first-order valence-electron chi connectivity index (χ1n) is 6.90. The van der Waals surface area contributed by atoms with Crippen molar-refractivity contribution in [1.29, 1.82) is 0 Å². The Morgan fingerprint density at radius 1 is 1.22 bits per heavy atom. The summed E-state index contributed by atoms with van der Waals surface area (Å²) >= 11 is 5.82. The molecule has 0 spiro atoms. The number of carbonyl (C=O) groups is 1. The van der Waals surface area contributed by atoms with Gasteiger partial charge in [-0.05, 0) is 35.9 Å². The summed E-state index contributed by atoms with van der Waals surface area (Å²) in [6.07, 6.45) is 0. The van der Waals surface area contributed by atoms with Gasteiger partial charge in [0.1, 0.15) is 5.75 Å². The molecular weight excluding hydrogens is 324 g/mol. The molecule has 2 aromatic rings. The van der Waals surface area contributed by atoms with E-state index in [4.69, 9.17) is 16.3 Å². The predicted octanol–water partition coefficient (Wildman–Crippen LogP) is 4.80. The Labute approximate surface area is 138 Å². The monoisotopic (exact) mass is 339 g/mol. The second-order valence-corrected chi connectivity index (χ2v) is 5.55. The largest absolute Gasteiger partial charge is 0.497 e. The Morgan fingerprint density at radius 2 is 1.87 bits per heavy atom. The Balaban J connectivity index is 2.20. The molecule has 3 nitrogen and oxygen atoms in total. The summed E-state index contributed by atoms with van der Waals surface area (Å²) in [5.74, 6) is -4.00. The van der Waals surface area contributed by atoms with Gasteiger partial charge in [-0.2, -0.15) is 8.78 Å². The van der Waals surface area contributed by atoms with Crippen molar-refractivity contribution >= 4 is 23.1 Å². The van der Waals surface area contributed by atoms with Crippen LogP contribution in [0, 0.1) is 0 Å². The molecule has 122 valence electrons. The highest BCUT2D eigenvalue weighted by Crippen LogP contribution is 2.28. The van der Waals surface area contributed by atoms with Crippen molar-refractivity contribution in [2.45, 2.75) is 19.4 Å². The molecule has 0 aliphatic carbocycles. The highest BCUT2D eigenvalue weighted by Gasteiger charge is 2.34. The third kappa shape index (κ3) is 4.42. The third-order valence-corrected chi connectivity index (χ3v) is 3.50. The Morgan fingerprint density at radius 3 is 2.43 bits per heavy atom. The van der Waals surface area contributed by atoms with Crippen LogP contribution in [0.5, 0.6) is 5.75 Å². The Kier molecular flexibility index (Phi) is 5.21. The quantitative estimate of drug-likeness (QED) is 0.768. The van der Waals surface area contributed by atoms with E-state index in [0.29, 0.717) is 19.2 Å². The number of alkyl halides is 2. The molecular formula is C17H16ClF2NO2. The van der Waals surface area contributed by atoms with E-state index in [1.165, 1.54) is 12.1 Å². The summed E-state index contributed by atoms with van der Waals surface area (Å²) in [5, 5.41) is 3.22. The molecule has 0 unspecified atom stereocenters. The molecule has 0 saturated carbocycles. The maximum absolute atomic E-state index is 13.3. The summed E-state index contributed by atoms with van der Waals surface area (Å²) in [5.41, 5.74) is 1.11. The minimum absolute atomic E-state index is 0.126. The van der Waals surface area contributed by atoms with E-state index in [2.05, 4.69) is 5.32 Å². The molecule has 0 aliphatic heterocycles. The average molecular weight is 340 g/mol. The highest BCUT2D eigenvalue weighted by atomic mass is 35.5. The van der Waals surface area contributed by atoms with Crippen LogP contribution < -0.4 is 10.1 Å². The maximum atomic E-state index is 13.3. The van der Waals surface area contributed by atoms with Gasteiger partial charge in [0.2, 0.25) is 5.78 Å². The molecule has 0 aromatic heterocycles. The van der Waals surface area contributed by atoms with Gasteiger partial charge < -0.3 is 10.1 Å². The lowest BCUT2D eigenvalue weighted by Crippen LogP contribution is -2.25. The van der Waals surface area contributed by atoms with Crippen molar-refractivity contribution in [2.75, 3.05) is 12.4 Å². The minimum Gasteiger partial charge on any atom is -0.497 e. The van der Waals surface area contributed by atoms with Crippen LogP contribution in [0.2, 0.25) is 5.02 Å². The van der Waals surface area contributed by atoms with E-state index < -0.39 is 11.7 Å². The molecule has 0 atom stereocenters. The van der Waals surface area contributed by atoms with Gasteiger partial charge in [-0.3, -0.25) is 4.79 Å². The molecule has 0 saturated heterocycles. The van der Waals surface area contributed by atoms with Crippen LogP contribution in [0.25, 0.3) is 0 Å². The van der Waals surface area contributed by atoms with Gasteiger partial charge in [0.15, 0.2) is 0 Å². The van der Waals surface area contributed by atoms with E-state index in [1.54, 1.807) is 25.3 Å². The summed E-state index contributed by atoms with van der Waals surface area (Å²) in [4.78, 5) is 11.9. The van der Waals surface area contributed by atoms with Crippen molar-refractivity contribution < 1.29 is 18.3 Å². The molecule has 0 aliphatic rings. The van der Waals surface area contributed by atoms with Crippen LogP contribution in [0.4, 0.5) is 14.5 Å². The lowest BCUT2D eigenvalue weighted by molar-refractivity contribution is 0.0222. The third-order valence-electron chi connectivity index (χ3n) is 3.27. The molecule has 23 heavy (non-hydrogen) atoms. The van der Waals surface area contributed by atoms with Crippen molar-refractivity contribution in [3.63, 3.8) is 0 Å². The van der Waals surface area contributed by atoms with Gasteiger partial charge in [0, 0.05) is 29.7 Å². The zero-order valence-electron chi connectivity index (χ0n) is 12.7. The standard InChI is InChI=1S/C17H16ClF2NO2/c1-17(19,20)16(22)14-9-12(18)5-8-15(14)21-10-11-3-6-13(23-2)7-4-11/h3-9,21H,10H2,1-2H3. The molecule has 0 amide bonds. The lowest BCUT2D eigenvalue weighted by atomic mass is 10.0. The predicted molar refractivity (Wildman–Crippen MR) is 86.7 cm³/mol. The summed E-state index contributed by atoms with van der Waals surface area (Å²) in [6.45, 7) is 0.949.